The molecule has 1 N–H and O–H groups in total. The van der Waals surface area contributed by atoms with Gasteiger partial charge in [-0.3, -0.25) is 4.79 Å². The number of benzene rings is 1. The highest BCUT2D eigenvalue weighted by atomic mass is 35.5. The number of nitrogens with one attached hydrogen (secondary N) is 1. The lowest BCUT2D eigenvalue weighted by molar-refractivity contribution is 0.0938. The molecule has 0 unspecified atom stereocenters. The zero-order valence-electron chi connectivity index (χ0n) is 9.10. The van der Waals surface area contributed by atoms with Gasteiger partial charge in [0.05, 0.1) is 10.6 Å². The van der Waals surface area contributed by atoms with E-state index in [-0.39, 0.29) is 10.6 Å². The molecule has 0 atom stereocenters. The lowest BCUT2D eigenvalue weighted by Gasteiger charge is -2.25. The van der Waals surface area contributed by atoms with Crippen molar-refractivity contribution in [1.29, 1.82) is 0 Å². The maximum absolute atomic E-state index is 13.0. The van der Waals surface area contributed by atoms with Crippen LogP contribution in [0, 0.1) is 17.6 Å². The Morgan fingerprint density at radius 3 is 2.59 bits per heavy atom. The molecule has 1 aliphatic rings. The first-order chi connectivity index (χ1) is 8.08. The first-order valence-corrected chi connectivity index (χ1v) is 5.88. The van der Waals surface area contributed by atoms with Crippen molar-refractivity contribution in [2.45, 2.75) is 19.3 Å². The quantitative estimate of drug-likeness (QED) is 0.830. The maximum atomic E-state index is 13.0. The molecule has 1 aliphatic carbocycles. The van der Waals surface area contributed by atoms with Crippen molar-refractivity contribution in [2.24, 2.45) is 5.92 Å². The third-order valence-electron chi connectivity index (χ3n) is 3.03. The molecule has 1 saturated carbocycles. The van der Waals surface area contributed by atoms with Crippen LogP contribution in [-0.4, -0.2) is 12.5 Å². The Morgan fingerprint density at radius 2 is 2.00 bits per heavy atom. The van der Waals surface area contributed by atoms with Crippen molar-refractivity contribution in [3.63, 3.8) is 0 Å². The van der Waals surface area contributed by atoms with Crippen LogP contribution < -0.4 is 5.32 Å². The van der Waals surface area contributed by atoms with Gasteiger partial charge in [0.15, 0.2) is 11.6 Å². The molecular weight excluding hydrogens is 248 g/mol. The molecule has 2 nitrogen and oxygen atoms in total. The number of hydrogen-bond donors (Lipinski definition) is 1. The van der Waals surface area contributed by atoms with Crippen molar-refractivity contribution < 1.29 is 13.6 Å². The largest absolute Gasteiger partial charge is 0.352 e. The summed E-state index contributed by atoms with van der Waals surface area (Å²) in [5, 5.41) is 2.60. The summed E-state index contributed by atoms with van der Waals surface area (Å²) in [7, 11) is 0. The molecule has 1 fully saturated rings. The molecule has 0 aliphatic heterocycles. The van der Waals surface area contributed by atoms with E-state index in [4.69, 9.17) is 11.6 Å². The van der Waals surface area contributed by atoms with E-state index in [0.717, 1.165) is 25.0 Å². The van der Waals surface area contributed by atoms with E-state index in [0.29, 0.717) is 12.5 Å². The van der Waals surface area contributed by atoms with Crippen molar-refractivity contribution in [3.8, 4) is 0 Å². The van der Waals surface area contributed by atoms with Gasteiger partial charge < -0.3 is 5.32 Å². The van der Waals surface area contributed by atoms with Crippen LogP contribution in [0.5, 0.6) is 0 Å². The Balaban J connectivity index is 2.04. The van der Waals surface area contributed by atoms with E-state index < -0.39 is 17.5 Å². The standard InChI is InChI=1S/C12H12ClF2NO/c13-9-5-11(15)10(14)4-8(9)12(17)16-6-7-2-1-3-7/h4-5,7H,1-3,6H2,(H,16,17). The van der Waals surface area contributed by atoms with E-state index in [1.807, 2.05) is 0 Å². The average Bonchev–Trinajstić information content (AvgIpc) is 2.21. The fourth-order valence-corrected chi connectivity index (χ4v) is 1.96. The summed E-state index contributed by atoms with van der Waals surface area (Å²) in [6.07, 6.45) is 3.39. The first-order valence-electron chi connectivity index (χ1n) is 5.50. The summed E-state index contributed by atoms with van der Waals surface area (Å²) in [6, 6.07) is 1.64. The van der Waals surface area contributed by atoms with Crippen molar-refractivity contribution in [1.82, 2.24) is 5.32 Å². The molecule has 0 bridgehead atoms. The highest BCUT2D eigenvalue weighted by Gasteiger charge is 2.20. The zero-order chi connectivity index (χ0) is 12.4. The Labute approximate surface area is 103 Å². The molecule has 1 amide bonds. The summed E-state index contributed by atoms with van der Waals surface area (Å²) in [5.74, 6) is -2.07. The average molecular weight is 260 g/mol. The summed E-state index contributed by atoms with van der Waals surface area (Å²) in [4.78, 5) is 11.7. The van der Waals surface area contributed by atoms with Crippen LogP contribution >= 0.6 is 11.6 Å². The van der Waals surface area contributed by atoms with Crippen LogP contribution in [0.4, 0.5) is 8.78 Å². The van der Waals surface area contributed by atoms with E-state index >= 15 is 0 Å². The number of carbonyl (C=O) groups excluding carboxylic acids is 1. The predicted octanol–water partition coefficient (Wildman–Crippen LogP) is 3.15. The molecule has 0 radical (unpaired) electrons. The second-order valence-corrected chi connectivity index (χ2v) is 4.66. The molecule has 0 spiro atoms. The number of rotatable bonds is 3. The Morgan fingerprint density at radius 1 is 1.35 bits per heavy atom. The SMILES string of the molecule is O=C(NCC1CCC1)c1cc(F)c(F)cc1Cl. The van der Waals surface area contributed by atoms with Gasteiger partial charge in [0.25, 0.3) is 5.91 Å². The second-order valence-electron chi connectivity index (χ2n) is 4.25. The molecule has 2 rings (SSSR count). The number of halogens is 3. The van der Waals surface area contributed by atoms with Crippen LogP contribution in [0.15, 0.2) is 12.1 Å². The molecule has 17 heavy (non-hydrogen) atoms. The molecule has 0 aromatic heterocycles. The number of carbonyl (C=O) groups is 1. The molecule has 0 saturated heterocycles. The highest BCUT2D eigenvalue weighted by Crippen LogP contribution is 2.25. The van der Waals surface area contributed by atoms with E-state index in [2.05, 4.69) is 5.32 Å². The van der Waals surface area contributed by atoms with Gasteiger partial charge in [-0.2, -0.15) is 0 Å². The fraction of sp³-hybridized carbons (Fsp3) is 0.417. The normalized spacial score (nSPS) is 15.5. The van der Waals surface area contributed by atoms with Gasteiger partial charge in [-0.1, -0.05) is 18.0 Å². The number of amides is 1. The van der Waals surface area contributed by atoms with Gasteiger partial charge in [-0.15, -0.1) is 0 Å². The Hall–Kier alpha value is -1.16. The van der Waals surface area contributed by atoms with Gasteiger partial charge in [-0.05, 0) is 30.9 Å². The lowest BCUT2D eigenvalue weighted by Crippen LogP contribution is -2.32. The van der Waals surface area contributed by atoms with Crippen LogP contribution in [0.2, 0.25) is 5.02 Å². The van der Waals surface area contributed by atoms with Gasteiger partial charge >= 0.3 is 0 Å². The summed E-state index contributed by atoms with van der Waals surface area (Å²) < 4.78 is 25.8. The van der Waals surface area contributed by atoms with Gasteiger partial charge in [-0.25, -0.2) is 8.78 Å². The summed E-state index contributed by atoms with van der Waals surface area (Å²) >= 11 is 5.69. The Bertz CT molecular complexity index is 446. The molecule has 5 heteroatoms. The van der Waals surface area contributed by atoms with Gasteiger partial charge in [0.2, 0.25) is 0 Å². The first kappa shape index (κ1) is 12.3. The lowest BCUT2D eigenvalue weighted by atomic mass is 9.85. The predicted molar refractivity (Wildman–Crippen MR) is 61.0 cm³/mol. The van der Waals surface area contributed by atoms with E-state index in [1.54, 1.807) is 0 Å². The minimum absolute atomic E-state index is 0.0232. The fourth-order valence-electron chi connectivity index (χ4n) is 1.73. The van der Waals surface area contributed by atoms with Crippen LogP contribution in [0.25, 0.3) is 0 Å². The minimum atomic E-state index is -1.07. The van der Waals surface area contributed by atoms with Crippen LogP contribution in [0.3, 0.4) is 0 Å². The molecule has 1 aromatic rings. The van der Waals surface area contributed by atoms with Gasteiger partial charge in [0, 0.05) is 6.54 Å². The second kappa shape index (κ2) is 5.00. The molecule has 92 valence electrons. The molecule has 1 aromatic carbocycles. The monoisotopic (exact) mass is 259 g/mol. The van der Waals surface area contributed by atoms with E-state index in [9.17, 15) is 13.6 Å². The zero-order valence-corrected chi connectivity index (χ0v) is 9.86. The highest BCUT2D eigenvalue weighted by molar-refractivity contribution is 6.33. The van der Waals surface area contributed by atoms with Crippen molar-refractivity contribution in [3.05, 3.63) is 34.4 Å². The Kier molecular flexibility index (Phi) is 3.62. The molecular formula is C12H12ClF2NO. The van der Waals surface area contributed by atoms with Gasteiger partial charge in [0.1, 0.15) is 0 Å². The van der Waals surface area contributed by atoms with Crippen molar-refractivity contribution in [2.75, 3.05) is 6.54 Å². The topological polar surface area (TPSA) is 29.1 Å². The van der Waals surface area contributed by atoms with Crippen molar-refractivity contribution >= 4 is 17.5 Å². The summed E-state index contributed by atoms with van der Waals surface area (Å²) in [5.41, 5.74) is -0.0232. The van der Waals surface area contributed by atoms with Crippen LogP contribution in [-0.2, 0) is 0 Å². The third kappa shape index (κ3) is 2.75. The number of hydrogen-bond acceptors (Lipinski definition) is 1. The summed E-state index contributed by atoms with van der Waals surface area (Å²) in [6.45, 7) is 0.564. The maximum Gasteiger partial charge on any atom is 0.252 e. The smallest absolute Gasteiger partial charge is 0.252 e. The third-order valence-corrected chi connectivity index (χ3v) is 3.34. The molecule has 0 heterocycles. The minimum Gasteiger partial charge on any atom is -0.352 e. The van der Waals surface area contributed by atoms with Crippen LogP contribution in [0.1, 0.15) is 29.6 Å². The van der Waals surface area contributed by atoms with E-state index in [1.165, 1.54) is 6.42 Å².